The molecule has 0 amide bonds. The minimum Gasteiger partial charge on any atom is -0.507 e. The van der Waals surface area contributed by atoms with Crippen molar-refractivity contribution < 1.29 is 9.90 Å². The van der Waals surface area contributed by atoms with E-state index in [1.165, 1.54) is 11.0 Å². The van der Waals surface area contributed by atoms with Crippen LogP contribution in [0.25, 0.3) is 16.8 Å². The third kappa shape index (κ3) is 2.16. The molecule has 0 atom stereocenters. The standard InChI is InChI=1S/C15H11N3O2/c19-9-15-16-10-18(17-15)12-5-3-4-11(8-12)13-6-1-2-7-14(13)20/h1-10,20H. The Morgan fingerprint density at radius 2 is 1.95 bits per heavy atom. The molecule has 0 saturated heterocycles. The van der Waals surface area contributed by atoms with E-state index in [1.54, 1.807) is 12.1 Å². The van der Waals surface area contributed by atoms with Gasteiger partial charge in [-0.2, -0.15) is 0 Å². The van der Waals surface area contributed by atoms with Gasteiger partial charge >= 0.3 is 0 Å². The molecule has 3 aromatic rings. The third-order valence-corrected chi connectivity index (χ3v) is 2.94. The van der Waals surface area contributed by atoms with Gasteiger partial charge in [-0.05, 0) is 23.8 Å². The van der Waals surface area contributed by atoms with E-state index in [-0.39, 0.29) is 11.6 Å². The quantitative estimate of drug-likeness (QED) is 0.738. The molecule has 0 saturated carbocycles. The minimum atomic E-state index is 0.137. The van der Waals surface area contributed by atoms with Gasteiger partial charge in [0.2, 0.25) is 5.82 Å². The summed E-state index contributed by atoms with van der Waals surface area (Å²) in [5.41, 5.74) is 2.38. The number of benzene rings is 2. The van der Waals surface area contributed by atoms with Crippen molar-refractivity contribution in [3.8, 4) is 22.6 Å². The smallest absolute Gasteiger partial charge is 0.214 e. The highest BCUT2D eigenvalue weighted by Crippen LogP contribution is 2.29. The third-order valence-electron chi connectivity index (χ3n) is 2.94. The summed E-state index contributed by atoms with van der Waals surface area (Å²) in [5, 5.41) is 13.9. The van der Waals surface area contributed by atoms with E-state index in [2.05, 4.69) is 10.1 Å². The number of phenolic OH excluding ortho intramolecular Hbond substituents is 1. The summed E-state index contributed by atoms with van der Waals surface area (Å²) in [6.45, 7) is 0. The Balaban J connectivity index is 2.06. The summed E-state index contributed by atoms with van der Waals surface area (Å²) in [5.74, 6) is 0.356. The molecule has 0 bridgehead atoms. The Bertz CT molecular complexity index is 765. The molecule has 0 spiro atoms. The summed E-state index contributed by atoms with van der Waals surface area (Å²) in [6, 6.07) is 14.6. The number of hydrogen-bond donors (Lipinski definition) is 1. The second-order valence-electron chi connectivity index (χ2n) is 4.23. The topological polar surface area (TPSA) is 68.0 Å². The zero-order chi connectivity index (χ0) is 13.9. The largest absolute Gasteiger partial charge is 0.507 e. The van der Waals surface area contributed by atoms with Crippen LogP contribution in [0.1, 0.15) is 10.6 Å². The van der Waals surface area contributed by atoms with Crippen LogP contribution in [-0.4, -0.2) is 26.2 Å². The van der Waals surface area contributed by atoms with E-state index in [0.717, 1.165) is 16.8 Å². The van der Waals surface area contributed by atoms with Crippen LogP contribution in [0.15, 0.2) is 54.9 Å². The van der Waals surface area contributed by atoms with Crippen LogP contribution < -0.4 is 0 Å². The molecule has 0 unspecified atom stereocenters. The van der Waals surface area contributed by atoms with E-state index in [0.29, 0.717) is 6.29 Å². The number of aldehydes is 1. The highest BCUT2D eigenvalue weighted by molar-refractivity contribution is 5.72. The van der Waals surface area contributed by atoms with Gasteiger partial charge in [-0.25, -0.2) is 9.67 Å². The Hall–Kier alpha value is -2.95. The molecule has 98 valence electrons. The highest BCUT2D eigenvalue weighted by Gasteiger charge is 2.06. The molecule has 3 rings (SSSR count). The van der Waals surface area contributed by atoms with Gasteiger partial charge in [0, 0.05) is 5.56 Å². The van der Waals surface area contributed by atoms with E-state index >= 15 is 0 Å². The number of aromatic nitrogens is 3. The maximum absolute atomic E-state index is 10.6. The maximum atomic E-state index is 10.6. The van der Waals surface area contributed by atoms with E-state index < -0.39 is 0 Å². The molecule has 0 aliphatic carbocycles. The average Bonchev–Trinajstić information content (AvgIpc) is 2.97. The summed E-state index contributed by atoms with van der Waals surface area (Å²) < 4.78 is 1.52. The van der Waals surface area contributed by atoms with Gasteiger partial charge in [-0.15, -0.1) is 5.10 Å². The van der Waals surface area contributed by atoms with Crippen LogP contribution >= 0.6 is 0 Å². The normalized spacial score (nSPS) is 10.4. The van der Waals surface area contributed by atoms with E-state index in [9.17, 15) is 9.90 Å². The van der Waals surface area contributed by atoms with Crippen molar-refractivity contribution in [2.45, 2.75) is 0 Å². The van der Waals surface area contributed by atoms with Gasteiger partial charge < -0.3 is 5.11 Å². The second kappa shape index (κ2) is 4.97. The van der Waals surface area contributed by atoms with Gasteiger partial charge in [0.05, 0.1) is 5.69 Å². The molecule has 1 aromatic heterocycles. The average molecular weight is 265 g/mol. The van der Waals surface area contributed by atoms with Crippen LogP contribution in [0.3, 0.4) is 0 Å². The highest BCUT2D eigenvalue weighted by atomic mass is 16.3. The van der Waals surface area contributed by atoms with Crippen molar-refractivity contribution in [2.75, 3.05) is 0 Å². The van der Waals surface area contributed by atoms with Crippen molar-refractivity contribution in [3.63, 3.8) is 0 Å². The first kappa shape index (κ1) is 12.1. The van der Waals surface area contributed by atoms with Gasteiger partial charge in [0.25, 0.3) is 0 Å². The number of aromatic hydroxyl groups is 1. The number of hydrogen-bond acceptors (Lipinski definition) is 4. The lowest BCUT2D eigenvalue weighted by atomic mass is 10.0. The molecule has 5 heteroatoms. The molecule has 20 heavy (non-hydrogen) atoms. The Labute approximate surface area is 115 Å². The van der Waals surface area contributed by atoms with Crippen molar-refractivity contribution in [1.29, 1.82) is 0 Å². The fourth-order valence-electron chi connectivity index (χ4n) is 1.99. The van der Waals surface area contributed by atoms with Crippen LogP contribution in [-0.2, 0) is 0 Å². The first-order valence-corrected chi connectivity index (χ1v) is 6.03. The summed E-state index contributed by atoms with van der Waals surface area (Å²) in [4.78, 5) is 14.5. The van der Waals surface area contributed by atoms with Gasteiger partial charge in [-0.1, -0.05) is 30.3 Å². The molecule has 0 fully saturated rings. The molecule has 2 aromatic carbocycles. The molecule has 1 N–H and O–H groups in total. The maximum Gasteiger partial charge on any atom is 0.214 e. The number of phenols is 1. The monoisotopic (exact) mass is 265 g/mol. The fourth-order valence-corrected chi connectivity index (χ4v) is 1.99. The first-order valence-electron chi connectivity index (χ1n) is 6.03. The van der Waals surface area contributed by atoms with E-state index in [1.807, 2.05) is 36.4 Å². The van der Waals surface area contributed by atoms with Crippen LogP contribution in [0.5, 0.6) is 5.75 Å². The van der Waals surface area contributed by atoms with Crippen LogP contribution in [0.4, 0.5) is 0 Å². The fraction of sp³-hybridized carbons (Fsp3) is 0. The zero-order valence-corrected chi connectivity index (χ0v) is 10.5. The van der Waals surface area contributed by atoms with Crippen LogP contribution in [0, 0.1) is 0 Å². The number of carbonyl (C=O) groups is 1. The van der Waals surface area contributed by atoms with E-state index in [4.69, 9.17) is 0 Å². The van der Waals surface area contributed by atoms with Crippen molar-refractivity contribution in [3.05, 3.63) is 60.7 Å². The number of carbonyl (C=O) groups excluding carboxylic acids is 1. The number of para-hydroxylation sites is 1. The molecule has 0 aliphatic rings. The zero-order valence-electron chi connectivity index (χ0n) is 10.5. The summed E-state index contributed by atoms with van der Waals surface area (Å²) in [6.07, 6.45) is 2.08. The Kier molecular flexibility index (Phi) is 3.01. The molecular weight excluding hydrogens is 254 g/mol. The lowest BCUT2D eigenvalue weighted by Crippen LogP contribution is -1.96. The molecule has 0 aliphatic heterocycles. The van der Waals surface area contributed by atoms with Gasteiger partial charge in [0.15, 0.2) is 6.29 Å². The minimum absolute atomic E-state index is 0.137. The van der Waals surface area contributed by atoms with Crippen molar-refractivity contribution in [1.82, 2.24) is 14.8 Å². The molecule has 0 radical (unpaired) electrons. The van der Waals surface area contributed by atoms with Gasteiger partial charge in [-0.3, -0.25) is 4.79 Å². The lowest BCUT2D eigenvalue weighted by molar-refractivity contribution is 0.111. The predicted molar refractivity (Wildman–Crippen MR) is 73.8 cm³/mol. The number of rotatable bonds is 3. The lowest BCUT2D eigenvalue weighted by Gasteiger charge is -2.06. The predicted octanol–water partition coefficient (Wildman–Crippen LogP) is 2.45. The van der Waals surface area contributed by atoms with Crippen molar-refractivity contribution >= 4 is 6.29 Å². The number of nitrogens with zero attached hydrogens (tertiary/aromatic N) is 3. The molecular formula is C15H11N3O2. The van der Waals surface area contributed by atoms with Crippen molar-refractivity contribution in [2.24, 2.45) is 0 Å². The molecule has 5 nitrogen and oxygen atoms in total. The molecule has 1 heterocycles. The summed E-state index contributed by atoms with van der Waals surface area (Å²) in [7, 11) is 0. The summed E-state index contributed by atoms with van der Waals surface area (Å²) >= 11 is 0. The van der Waals surface area contributed by atoms with Gasteiger partial charge in [0.1, 0.15) is 12.1 Å². The second-order valence-corrected chi connectivity index (χ2v) is 4.23. The Morgan fingerprint density at radius 1 is 1.10 bits per heavy atom. The Morgan fingerprint density at radius 3 is 2.70 bits per heavy atom. The first-order chi connectivity index (χ1) is 9.78. The SMILES string of the molecule is O=Cc1ncn(-c2cccc(-c3ccccc3O)c2)n1. The van der Waals surface area contributed by atoms with Crippen LogP contribution in [0.2, 0.25) is 0 Å².